The maximum atomic E-state index is 13.7. The van der Waals surface area contributed by atoms with E-state index in [0.717, 1.165) is 17.7 Å². The number of alkyl halides is 5. The van der Waals surface area contributed by atoms with Gasteiger partial charge in [0.2, 0.25) is 5.91 Å². The predicted octanol–water partition coefficient (Wildman–Crippen LogP) is 5.28. The predicted molar refractivity (Wildman–Crippen MR) is 153 cm³/mol. The topological polar surface area (TPSA) is 106 Å². The normalized spacial score (nSPS) is 19.3. The molecule has 2 aliphatic heterocycles. The van der Waals surface area contributed by atoms with Gasteiger partial charge in [-0.1, -0.05) is 30.3 Å². The van der Waals surface area contributed by atoms with Crippen molar-refractivity contribution in [2.45, 2.75) is 43.4 Å². The number of piperidine rings is 1. The molecule has 1 saturated heterocycles. The average Bonchev–Trinajstić information content (AvgIpc) is 3.37. The first kappa shape index (κ1) is 32.7. The van der Waals surface area contributed by atoms with Gasteiger partial charge in [-0.3, -0.25) is 14.4 Å². The van der Waals surface area contributed by atoms with Gasteiger partial charge in [0.05, 0.1) is 29.7 Å². The molecule has 3 amide bonds. The number of nitrogens with one attached hydrogen (secondary N) is 2. The van der Waals surface area contributed by atoms with Gasteiger partial charge in [-0.05, 0) is 53.9 Å². The van der Waals surface area contributed by atoms with Crippen LogP contribution in [-0.2, 0) is 15.7 Å². The largest absolute Gasteiger partial charge is 0.586 e. The van der Waals surface area contributed by atoms with E-state index in [1.165, 1.54) is 61.5 Å². The molecule has 14 heteroatoms. The molecular weight excluding hydrogens is 617 g/mol. The summed E-state index contributed by atoms with van der Waals surface area (Å²) in [5.74, 6) is -2.46. The van der Waals surface area contributed by atoms with Crippen molar-refractivity contribution in [1.82, 2.24) is 15.5 Å². The van der Waals surface area contributed by atoms with Crippen LogP contribution in [0.1, 0.15) is 62.2 Å². The Kier molecular flexibility index (Phi) is 9.20. The fourth-order valence-corrected chi connectivity index (χ4v) is 5.56. The number of halogens is 5. The van der Waals surface area contributed by atoms with Gasteiger partial charge in [-0.15, -0.1) is 8.78 Å². The number of para-hydroxylation sites is 1. The Morgan fingerprint density at radius 2 is 1.74 bits per heavy atom. The summed E-state index contributed by atoms with van der Waals surface area (Å²) in [5.41, 5.74) is 0.0909. The lowest BCUT2D eigenvalue weighted by Gasteiger charge is -2.37. The van der Waals surface area contributed by atoms with Crippen molar-refractivity contribution < 1.29 is 50.5 Å². The van der Waals surface area contributed by atoms with Crippen molar-refractivity contribution in [3.8, 4) is 11.5 Å². The summed E-state index contributed by atoms with van der Waals surface area (Å²) in [6.07, 6.45) is -8.63. The van der Waals surface area contributed by atoms with E-state index in [0.29, 0.717) is 6.42 Å². The van der Waals surface area contributed by atoms with Gasteiger partial charge in [0.1, 0.15) is 0 Å². The van der Waals surface area contributed by atoms with Crippen molar-refractivity contribution in [2.24, 2.45) is 0 Å². The monoisotopic (exact) mass is 647 g/mol. The summed E-state index contributed by atoms with van der Waals surface area (Å²) in [6.45, 7) is 0.421. The van der Waals surface area contributed by atoms with Crippen molar-refractivity contribution in [3.63, 3.8) is 0 Å². The molecule has 5 rings (SSSR count). The van der Waals surface area contributed by atoms with E-state index in [-0.39, 0.29) is 59.7 Å². The Hall–Kier alpha value is -4.72. The molecule has 46 heavy (non-hydrogen) atoms. The zero-order valence-electron chi connectivity index (χ0n) is 24.7. The number of rotatable bonds is 8. The van der Waals surface area contributed by atoms with Crippen LogP contribution in [0, 0.1) is 0 Å². The number of carbonyl (C=O) groups is 3. The number of carbonyl (C=O) groups excluding carboxylic acids is 3. The number of hydrogen-bond acceptors (Lipinski definition) is 6. The van der Waals surface area contributed by atoms with Crippen LogP contribution < -0.4 is 20.1 Å². The first-order valence-corrected chi connectivity index (χ1v) is 14.3. The quantitative estimate of drug-likeness (QED) is 0.323. The zero-order chi connectivity index (χ0) is 33.2. The van der Waals surface area contributed by atoms with Gasteiger partial charge in [-0.2, -0.15) is 13.2 Å². The molecule has 3 atom stereocenters. The van der Waals surface area contributed by atoms with Crippen LogP contribution in [0.15, 0.2) is 66.7 Å². The van der Waals surface area contributed by atoms with E-state index >= 15 is 0 Å². The number of amides is 3. The standard InChI is InChI=1S/C32H30F5N3O6/c1-38-27(41)15-25(20-5-3-6-22(13-20)31(33,34)35)39-29(42)19-11-9-18(10-12-19)21-14-23(44-2)17-40(16-21)30(43)24-7-4-8-26-28(24)46-32(36,37)45-26/h3-13,21,23,25H,14-17H2,1-2H3,(H,38,41)(H,39,42). The smallest absolute Gasteiger partial charge is 0.395 e. The summed E-state index contributed by atoms with van der Waals surface area (Å²) in [7, 11) is 2.88. The van der Waals surface area contributed by atoms with E-state index in [2.05, 4.69) is 20.1 Å². The van der Waals surface area contributed by atoms with Crippen molar-refractivity contribution in [3.05, 3.63) is 94.5 Å². The number of ether oxygens (including phenoxy) is 3. The lowest BCUT2D eigenvalue weighted by Crippen LogP contribution is -2.46. The Morgan fingerprint density at radius 3 is 2.41 bits per heavy atom. The second-order valence-electron chi connectivity index (χ2n) is 10.9. The molecule has 3 aromatic rings. The number of nitrogens with zero attached hydrogens (tertiary/aromatic N) is 1. The Bertz CT molecular complexity index is 1610. The summed E-state index contributed by atoms with van der Waals surface area (Å²) in [5, 5.41) is 5.08. The molecule has 0 aromatic heterocycles. The van der Waals surface area contributed by atoms with Gasteiger partial charge in [0.15, 0.2) is 11.5 Å². The molecule has 0 spiro atoms. The van der Waals surface area contributed by atoms with Crippen molar-refractivity contribution in [2.75, 3.05) is 27.2 Å². The van der Waals surface area contributed by atoms with Gasteiger partial charge in [0, 0.05) is 38.7 Å². The molecule has 9 nitrogen and oxygen atoms in total. The highest BCUT2D eigenvalue weighted by molar-refractivity contribution is 5.98. The molecule has 244 valence electrons. The van der Waals surface area contributed by atoms with E-state index in [1.807, 2.05) is 0 Å². The average molecular weight is 648 g/mol. The van der Waals surface area contributed by atoms with Crippen molar-refractivity contribution in [1.29, 1.82) is 0 Å². The lowest BCUT2D eigenvalue weighted by atomic mass is 9.88. The van der Waals surface area contributed by atoms with Crippen LogP contribution in [-0.4, -0.2) is 62.3 Å². The van der Waals surface area contributed by atoms with Crippen LogP contribution in [0.2, 0.25) is 0 Å². The van der Waals surface area contributed by atoms with Gasteiger partial charge in [0.25, 0.3) is 11.8 Å². The van der Waals surface area contributed by atoms with Crippen molar-refractivity contribution >= 4 is 17.7 Å². The molecule has 0 radical (unpaired) electrons. The lowest BCUT2D eigenvalue weighted by molar-refractivity contribution is -0.286. The molecule has 3 aromatic carbocycles. The molecule has 2 aliphatic rings. The summed E-state index contributed by atoms with van der Waals surface area (Å²) in [4.78, 5) is 40.3. The number of benzene rings is 3. The highest BCUT2D eigenvalue weighted by Gasteiger charge is 2.46. The maximum Gasteiger partial charge on any atom is 0.586 e. The molecular formula is C32H30F5N3O6. The van der Waals surface area contributed by atoms with Crippen LogP contribution >= 0.6 is 0 Å². The summed E-state index contributed by atoms with van der Waals surface area (Å²) >= 11 is 0. The van der Waals surface area contributed by atoms with Gasteiger partial charge in [-0.25, -0.2) is 0 Å². The van der Waals surface area contributed by atoms with Crippen LogP contribution in [0.25, 0.3) is 0 Å². The third-order valence-electron chi connectivity index (χ3n) is 7.93. The Balaban J connectivity index is 1.32. The van der Waals surface area contributed by atoms with Gasteiger partial charge >= 0.3 is 12.5 Å². The number of hydrogen-bond donors (Lipinski definition) is 2. The van der Waals surface area contributed by atoms with E-state index in [1.54, 1.807) is 12.1 Å². The van der Waals surface area contributed by atoms with Crippen LogP contribution in [0.4, 0.5) is 22.0 Å². The van der Waals surface area contributed by atoms with E-state index in [9.17, 15) is 36.3 Å². The first-order valence-electron chi connectivity index (χ1n) is 14.3. The zero-order valence-corrected chi connectivity index (χ0v) is 24.7. The first-order chi connectivity index (χ1) is 21.8. The SMILES string of the molecule is CNC(=O)CC(NC(=O)c1ccc(C2CC(OC)CN(C(=O)c3cccc4c3OC(F)(F)O4)C2)cc1)c1cccc(C(F)(F)F)c1. The number of methoxy groups -OCH3 is 1. The third kappa shape index (κ3) is 7.22. The van der Waals surface area contributed by atoms with Gasteiger partial charge < -0.3 is 29.7 Å². The highest BCUT2D eigenvalue weighted by Crippen LogP contribution is 2.44. The minimum Gasteiger partial charge on any atom is -0.395 e. The minimum atomic E-state index is -4.60. The Morgan fingerprint density at radius 1 is 1.02 bits per heavy atom. The molecule has 2 heterocycles. The fraction of sp³-hybridized carbons (Fsp3) is 0.344. The molecule has 0 saturated carbocycles. The fourth-order valence-electron chi connectivity index (χ4n) is 5.56. The highest BCUT2D eigenvalue weighted by atomic mass is 19.4. The molecule has 0 aliphatic carbocycles. The van der Waals surface area contributed by atoms with Crippen LogP contribution in [0.3, 0.4) is 0 Å². The Labute approximate surface area is 260 Å². The maximum absolute atomic E-state index is 13.7. The molecule has 1 fully saturated rings. The second kappa shape index (κ2) is 12.9. The van der Waals surface area contributed by atoms with E-state index < -0.39 is 41.8 Å². The number of likely N-dealkylation sites (tertiary alicyclic amines) is 1. The van der Waals surface area contributed by atoms with E-state index in [4.69, 9.17) is 4.74 Å². The number of fused-ring (bicyclic) bond motifs is 1. The molecule has 3 unspecified atom stereocenters. The van der Waals surface area contributed by atoms with Crippen LogP contribution in [0.5, 0.6) is 11.5 Å². The summed E-state index contributed by atoms with van der Waals surface area (Å²) in [6, 6.07) is 13.9. The molecule has 2 N–H and O–H groups in total. The summed E-state index contributed by atoms with van der Waals surface area (Å²) < 4.78 is 82.1. The second-order valence-corrected chi connectivity index (χ2v) is 10.9. The molecule has 0 bridgehead atoms. The third-order valence-corrected chi connectivity index (χ3v) is 7.93. The minimum absolute atomic E-state index is 0.0794.